The molecule has 0 spiro atoms. The maximum absolute atomic E-state index is 14.0. The highest BCUT2D eigenvalue weighted by Gasteiger charge is 2.13. The van der Waals surface area contributed by atoms with Gasteiger partial charge in [-0.15, -0.1) is 0 Å². The predicted octanol–water partition coefficient (Wildman–Crippen LogP) is 3.65. The molecule has 0 saturated carbocycles. The van der Waals surface area contributed by atoms with E-state index >= 15 is 0 Å². The molecule has 0 atom stereocenters. The van der Waals surface area contributed by atoms with Crippen LogP contribution >= 0.6 is 0 Å². The number of ether oxygens (including phenoxy) is 4. The summed E-state index contributed by atoms with van der Waals surface area (Å²) >= 11 is 0. The predicted molar refractivity (Wildman–Crippen MR) is 86.5 cm³/mol. The zero-order valence-electron chi connectivity index (χ0n) is 16.3. The van der Waals surface area contributed by atoms with Crippen LogP contribution in [0.2, 0.25) is 0 Å². The molecule has 0 aromatic heterocycles. The van der Waals surface area contributed by atoms with Gasteiger partial charge >= 0.3 is 0 Å². The quantitative estimate of drug-likeness (QED) is 0.779. The number of hydrogen-bond acceptors (Lipinski definition) is 4. The lowest BCUT2D eigenvalue weighted by atomic mass is 10.0. The van der Waals surface area contributed by atoms with Gasteiger partial charge in [0.15, 0.2) is 23.1 Å². The second-order valence-corrected chi connectivity index (χ2v) is 4.90. The Morgan fingerprint density at radius 1 is 0.826 bits per heavy atom. The molecule has 5 heteroatoms. The van der Waals surface area contributed by atoms with E-state index in [1.54, 1.807) is 20.3 Å². The molecular formula is C18H21FO4. The van der Waals surface area contributed by atoms with Gasteiger partial charge in [-0.05, 0) is 48.2 Å². The molecule has 0 N–H and O–H groups in total. The Morgan fingerprint density at radius 3 is 2.00 bits per heavy atom. The molecule has 2 rings (SSSR count). The minimum Gasteiger partial charge on any atom is -0.494 e. The number of hydrogen-bond donors (Lipinski definition) is 0. The van der Waals surface area contributed by atoms with Crippen LogP contribution in [-0.2, 0) is 12.8 Å². The van der Waals surface area contributed by atoms with Crippen molar-refractivity contribution in [2.24, 2.45) is 0 Å². The minimum absolute atomic E-state index is 0.290. The van der Waals surface area contributed by atoms with E-state index in [4.69, 9.17) is 18.3 Å². The smallest absolute Gasteiger partial charge is 0.203 e. The molecule has 0 radical (unpaired) electrons. The van der Waals surface area contributed by atoms with Gasteiger partial charge in [0.25, 0.3) is 0 Å². The Morgan fingerprint density at radius 2 is 1.48 bits per heavy atom. The van der Waals surface area contributed by atoms with Gasteiger partial charge in [0.05, 0.1) is 32.5 Å². The zero-order chi connectivity index (χ0) is 19.3. The lowest BCUT2D eigenvalue weighted by molar-refractivity contribution is 0.324. The third-order valence-electron chi connectivity index (χ3n) is 3.53. The monoisotopic (exact) mass is 323 g/mol. The third-order valence-corrected chi connectivity index (χ3v) is 3.53. The van der Waals surface area contributed by atoms with Crippen LogP contribution in [0.3, 0.4) is 0 Å². The van der Waals surface area contributed by atoms with Gasteiger partial charge in [-0.3, -0.25) is 0 Å². The number of benzene rings is 2. The van der Waals surface area contributed by atoms with Crippen molar-refractivity contribution in [2.75, 3.05) is 28.4 Å². The van der Waals surface area contributed by atoms with Crippen molar-refractivity contribution in [3.05, 3.63) is 47.3 Å². The van der Waals surface area contributed by atoms with Gasteiger partial charge in [-0.2, -0.15) is 0 Å². The van der Waals surface area contributed by atoms with Gasteiger partial charge < -0.3 is 18.9 Å². The summed E-state index contributed by atoms with van der Waals surface area (Å²) in [5.74, 6) is 0.616. The van der Waals surface area contributed by atoms with E-state index in [1.165, 1.54) is 19.2 Å². The Bertz CT molecular complexity index is 738. The van der Waals surface area contributed by atoms with Crippen LogP contribution in [-0.4, -0.2) is 28.4 Å². The first-order valence-corrected chi connectivity index (χ1v) is 7.03. The highest BCUT2D eigenvalue weighted by atomic mass is 19.1. The van der Waals surface area contributed by atoms with Crippen LogP contribution < -0.4 is 18.9 Å². The first-order chi connectivity index (χ1) is 12.3. The zero-order valence-corrected chi connectivity index (χ0v) is 13.3. The number of methoxy groups -OCH3 is 4. The molecule has 2 aromatic rings. The van der Waals surface area contributed by atoms with Crippen LogP contribution in [0.25, 0.3) is 0 Å². The lowest BCUT2D eigenvalue weighted by Crippen LogP contribution is -1.99. The molecule has 23 heavy (non-hydrogen) atoms. The van der Waals surface area contributed by atoms with Crippen LogP contribution in [0.15, 0.2) is 30.3 Å². The molecule has 0 fully saturated rings. The molecule has 0 aliphatic heterocycles. The molecule has 124 valence electrons. The van der Waals surface area contributed by atoms with E-state index < -0.39 is 12.9 Å². The first kappa shape index (κ1) is 13.0. The number of halogens is 1. The van der Waals surface area contributed by atoms with E-state index in [2.05, 4.69) is 4.74 Å². The van der Waals surface area contributed by atoms with E-state index in [0.717, 1.165) is 5.56 Å². The topological polar surface area (TPSA) is 36.9 Å². The van der Waals surface area contributed by atoms with Crippen molar-refractivity contribution in [3.8, 4) is 23.0 Å². The van der Waals surface area contributed by atoms with Gasteiger partial charge in [-0.25, -0.2) is 4.39 Å². The molecule has 0 heterocycles. The van der Waals surface area contributed by atoms with Gasteiger partial charge in [0, 0.05) is 0 Å². The van der Waals surface area contributed by atoms with Gasteiger partial charge in [-0.1, -0.05) is 6.07 Å². The summed E-state index contributed by atoms with van der Waals surface area (Å²) in [6.07, 6.45) is 1.15. The third kappa shape index (κ3) is 3.86. The summed E-state index contributed by atoms with van der Waals surface area (Å²) in [6, 6.07) is 7.92. The van der Waals surface area contributed by atoms with Crippen molar-refractivity contribution in [3.63, 3.8) is 0 Å². The second-order valence-electron chi connectivity index (χ2n) is 4.90. The van der Waals surface area contributed by atoms with Crippen LogP contribution in [0.5, 0.6) is 23.0 Å². The Kier molecular flexibility index (Phi) is 4.38. The molecule has 4 nitrogen and oxygen atoms in total. The van der Waals surface area contributed by atoms with E-state index in [0.29, 0.717) is 35.7 Å². The highest BCUT2D eigenvalue weighted by Crippen LogP contribution is 2.38. The fourth-order valence-electron chi connectivity index (χ4n) is 2.35. The Balaban J connectivity index is 2.15. The molecule has 0 unspecified atom stereocenters. The highest BCUT2D eigenvalue weighted by molar-refractivity contribution is 5.54. The molecule has 0 saturated heterocycles. The molecule has 0 bridgehead atoms. The lowest BCUT2D eigenvalue weighted by Gasteiger charge is -2.14. The average molecular weight is 323 g/mol. The molecule has 0 aliphatic carbocycles. The standard InChI is InChI=1S/C18H21FO4/c1-20-15-8-7-12(9-14(15)19)5-6-13-10-16(21-2)18(23-4)17(11-13)22-3/h7-11H,5-6H2,1-4H3/i1D3. The summed E-state index contributed by atoms with van der Waals surface area (Å²) in [7, 11) is 1.94. The largest absolute Gasteiger partial charge is 0.494 e. The number of rotatable bonds is 7. The Labute approximate surface area is 140 Å². The fourth-order valence-corrected chi connectivity index (χ4v) is 2.35. The molecule has 0 aliphatic rings. The number of aryl methyl sites for hydroxylation is 2. The average Bonchev–Trinajstić information content (AvgIpc) is 2.59. The maximum Gasteiger partial charge on any atom is 0.203 e. The van der Waals surface area contributed by atoms with E-state index in [9.17, 15) is 4.39 Å². The summed E-state index contributed by atoms with van der Waals surface area (Å²) in [5.41, 5.74) is 1.65. The summed E-state index contributed by atoms with van der Waals surface area (Å²) in [4.78, 5) is 0. The maximum atomic E-state index is 14.0. The van der Waals surface area contributed by atoms with Crippen LogP contribution in [0.4, 0.5) is 4.39 Å². The SMILES string of the molecule is [2H]C([2H])([2H])Oc1ccc(CCc2cc(OC)c(OC)c(OC)c2)cc1F. The molecular weight excluding hydrogens is 299 g/mol. The van der Waals surface area contributed by atoms with Gasteiger partial charge in [0.2, 0.25) is 5.75 Å². The van der Waals surface area contributed by atoms with Crippen molar-refractivity contribution in [2.45, 2.75) is 12.8 Å². The second kappa shape index (κ2) is 7.72. The van der Waals surface area contributed by atoms with Crippen molar-refractivity contribution in [1.29, 1.82) is 0 Å². The van der Waals surface area contributed by atoms with E-state index in [-0.39, 0.29) is 5.75 Å². The Hall–Kier alpha value is -2.43. The van der Waals surface area contributed by atoms with Crippen molar-refractivity contribution < 1.29 is 27.5 Å². The summed E-state index contributed by atoms with van der Waals surface area (Å²) < 4.78 is 55.6. The van der Waals surface area contributed by atoms with Gasteiger partial charge in [0.1, 0.15) is 0 Å². The van der Waals surface area contributed by atoms with Crippen LogP contribution in [0.1, 0.15) is 15.2 Å². The first-order valence-electron chi connectivity index (χ1n) is 8.53. The van der Waals surface area contributed by atoms with Crippen LogP contribution in [0, 0.1) is 5.82 Å². The van der Waals surface area contributed by atoms with E-state index in [1.807, 2.05) is 12.1 Å². The fraction of sp³-hybridized carbons (Fsp3) is 0.333. The normalized spacial score (nSPS) is 12.8. The summed E-state index contributed by atoms with van der Waals surface area (Å²) in [5, 5.41) is 0. The van der Waals surface area contributed by atoms with Crippen molar-refractivity contribution >= 4 is 0 Å². The molecule has 2 aromatic carbocycles. The van der Waals surface area contributed by atoms with Crippen molar-refractivity contribution in [1.82, 2.24) is 0 Å². The minimum atomic E-state index is -2.68. The molecule has 0 amide bonds. The summed E-state index contributed by atoms with van der Waals surface area (Å²) in [6.45, 7) is 0.